The summed E-state index contributed by atoms with van der Waals surface area (Å²) in [5.41, 5.74) is 0.529. The topological polar surface area (TPSA) is 54.9 Å². The predicted molar refractivity (Wildman–Crippen MR) is 65.1 cm³/mol. The Morgan fingerprint density at radius 1 is 1.19 bits per heavy atom. The quantitative estimate of drug-likeness (QED) is 0.863. The van der Waals surface area contributed by atoms with Gasteiger partial charge in [0.05, 0.1) is 5.69 Å². The van der Waals surface area contributed by atoms with Crippen molar-refractivity contribution in [1.82, 2.24) is 9.55 Å². The van der Waals surface area contributed by atoms with E-state index >= 15 is 0 Å². The molecule has 0 aliphatic rings. The summed E-state index contributed by atoms with van der Waals surface area (Å²) >= 11 is 3.32. The lowest BCUT2D eigenvalue weighted by Crippen LogP contribution is -2.29. The van der Waals surface area contributed by atoms with E-state index in [0.29, 0.717) is 5.69 Å². The van der Waals surface area contributed by atoms with Crippen molar-refractivity contribution in [3.8, 4) is 5.69 Å². The van der Waals surface area contributed by atoms with E-state index in [-0.39, 0.29) is 5.56 Å². The minimum Gasteiger partial charge on any atom is -0.274 e. The average Bonchev–Trinajstić information content (AvgIpc) is 2.19. The average molecular weight is 281 g/mol. The molecule has 0 aliphatic heterocycles. The number of rotatable bonds is 1. The van der Waals surface area contributed by atoms with E-state index in [1.54, 1.807) is 19.1 Å². The highest BCUT2D eigenvalue weighted by molar-refractivity contribution is 9.10. The number of nitrogens with zero attached hydrogens (tertiary/aromatic N) is 1. The summed E-state index contributed by atoms with van der Waals surface area (Å²) in [6, 6.07) is 8.68. The molecular weight excluding hydrogens is 272 g/mol. The Morgan fingerprint density at radius 2 is 1.81 bits per heavy atom. The fraction of sp³-hybridized carbons (Fsp3) is 0.0909. The fourth-order valence-corrected chi connectivity index (χ4v) is 1.79. The number of H-pyrrole nitrogens is 1. The third-order valence-corrected chi connectivity index (χ3v) is 2.74. The lowest BCUT2D eigenvalue weighted by molar-refractivity contribution is 0.856. The van der Waals surface area contributed by atoms with Crippen LogP contribution in [0.4, 0.5) is 0 Å². The Kier molecular flexibility index (Phi) is 2.78. The first-order valence-corrected chi connectivity index (χ1v) is 5.46. The summed E-state index contributed by atoms with van der Waals surface area (Å²) in [5, 5.41) is 0. The molecule has 2 aromatic rings. The molecule has 5 heteroatoms. The minimum atomic E-state index is -0.424. The number of halogens is 1. The van der Waals surface area contributed by atoms with Gasteiger partial charge < -0.3 is 0 Å². The molecule has 0 spiro atoms. The van der Waals surface area contributed by atoms with Crippen LogP contribution < -0.4 is 11.2 Å². The first kappa shape index (κ1) is 10.9. The highest BCUT2D eigenvalue weighted by atomic mass is 79.9. The Labute approximate surface area is 99.7 Å². The largest absolute Gasteiger partial charge is 0.333 e. The zero-order chi connectivity index (χ0) is 11.7. The molecule has 0 fully saturated rings. The number of aryl methyl sites for hydroxylation is 1. The number of nitrogens with one attached hydrogen (secondary N) is 1. The van der Waals surface area contributed by atoms with Crippen LogP contribution in [0.2, 0.25) is 0 Å². The number of aromatic amines is 1. The highest BCUT2D eigenvalue weighted by Gasteiger charge is 2.04. The van der Waals surface area contributed by atoms with Crippen LogP contribution in [-0.2, 0) is 0 Å². The fourth-order valence-electron chi connectivity index (χ4n) is 1.52. The van der Waals surface area contributed by atoms with Gasteiger partial charge in [0.25, 0.3) is 5.56 Å². The molecule has 0 saturated heterocycles. The van der Waals surface area contributed by atoms with Crippen LogP contribution in [0.25, 0.3) is 5.69 Å². The molecule has 0 amide bonds. The normalized spacial score (nSPS) is 10.4. The van der Waals surface area contributed by atoms with Crippen LogP contribution in [-0.4, -0.2) is 9.55 Å². The third kappa shape index (κ3) is 1.99. The Bertz CT molecular complexity index is 626. The van der Waals surface area contributed by atoms with E-state index in [1.165, 1.54) is 10.6 Å². The third-order valence-electron chi connectivity index (χ3n) is 2.21. The van der Waals surface area contributed by atoms with Crippen LogP contribution >= 0.6 is 15.9 Å². The lowest BCUT2D eigenvalue weighted by Gasteiger charge is -2.08. The first-order valence-electron chi connectivity index (χ1n) is 4.67. The first-order chi connectivity index (χ1) is 7.58. The molecule has 0 bridgehead atoms. The second-order valence-electron chi connectivity index (χ2n) is 3.39. The van der Waals surface area contributed by atoms with E-state index in [4.69, 9.17) is 0 Å². The van der Waals surface area contributed by atoms with Crippen molar-refractivity contribution in [3.63, 3.8) is 0 Å². The summed E-state index contributed by atoms with van der Waals surface area (Å²) in [6.07, 6.45) is 0. The molecule has 1 N–H and O–H groups in total. The number of aromatic nitrogens is 2. The Balaban J connectivity index is 2.69. The van der Waals surface area contributed by atoms with Crippen molar-refractivity contribution in [2.45, 2.75) is 6.92 Å². The van der Waals surface area contributed by atoms with E-state index in [2.05, 4.69) is 20.9 Å². The molecule has 1 heterocycles. The zero-order valence-electron chi connectivity index (χ0n) is 8.53. The van der Waals surface area contributed by atoms with Gasteiger partial charge in [0.1, 0.15) is 0 Å². The van der Waals surface area contributed by atoms with Crippen molar-refractivity contribution in [3.05, 3.63) is 61.3 Å². The van der Waals surface area contributed by atoms with E-state index < -0.39 is 5.69 Å². The van der Waals surface area contributed by atoms with Gasteiger partial charge in [0, 0.05) is 16.2 Å². The zero-order valence-corrected chi connectivity index (χ0v) is 10.1. The van der Waals surface area contributed by atoms with Crippen LogP contribution in [0.1, 0.15) is 5.69 Å². The SMILES string of the molecule is Cc1cc(=O)[nH]c(=O)n1-c1ccc(Br)cc1. The maximum Gasteiger partial charge on any atom is 0.333 e. The van der Waals surface area contributed by atoms with Crippen LogP contribution in [0, 0.1) is 6.92 Å². The molecule has 1 aromatic heterocycles. The van der Waals surface area contributed by atoms with Crippen LogP contribution in [0.5, 0.6) is 0 Å². The van der Waals surface area contributed by atoms with Gasteiger partial charge in [0.15, 0.2) is 0 Å². The van der Waals surface area contributed by atoms with Crippen molar-refractivity contribution in [2.24, 2.45) is 0 Å². The Morgan fingerprint density at radius 3 is 2.38 bits per heavy atom. The van der Waals surface area contributed by atoms with E-state index in [9.17, 15) is 9.59 Å². The molecule has 0 aliphatic carbocycles. The summed E-state index contributed by atoms with van der Waals surface area (Å²) in [7, 11) is 0. The predicted octanol–water partition coefficient (Wildman–Crippen LogP) is 1.60. The summed E-state index contributed by atoms with van der Waals surface area (Å²) in [4.78, 5) is 24.9. The number of benzene rings is 1. The summed E-state index contributed by atoms with van der Waals surface area (Å²) in [5.74, 6) is 0. The van der Waals surface area contributed by atoms with E-state index in [0.717, 1.165) is 10.2 Å². The number of hydrogen-bond donors (Lipinski definition) is 1. The summed E-state index contributed by atoms with van der Waals surface area (Å²) < 4.78 is 2.39. The molecule has 4 nitrogen and oxygen atoms in total. The maximum atomic E-state index is 11.6. The second-order valence-corrected chi connectivity index (χ2v) is 4.31. The second kappa shape index (κ2) is 4.09. The van der Waals surface area contributed by atoms with Gasteiger partial charge >= 0.3 is 5.69 Å². The van der Waals surface area contributed by atoms with Gasteiger partial charge in [-0.3, -0.25) is 14.3 Å². The van der Waals surface area contributed by atoms with Gasteiger partial charge in [-0.05, 0) is 31.2 Å². The minimum absolute atomic E-state index is 0.379. The molecule has 0 unspecified atom stereocenters. The van der Waals surface area contributed by atoms with Crippen molar-refractivity contribution >= 4 is 15.9 Å². The van der Waals surface area contributed by atoms with Crippen molar-refractivity contribution in [1.29, 1.82) is 0 Å². The summed E-state index contributed by atoms with van der Waals surface area (Å²) in [6.45, 7) is 1.72. The standard InChI is InChI=1S/C11H9BrN2O2/c1-7-6-10(15)13-11(16)14(7)9-4-2-8(12)3-5-9/h2-6H,1H3,(H,13,15,16). The van der Waals surface area contributed by atoms with E-state index in [1.807, 2.05) is 12.1 Å². The molecule has 16 heavy (non-hydrogen) atoms. The van der Waals surface area contributed by atoms with Gasteiger partial charge in [-0.2, -0.15) is 0 Å². The molecule has 2 rings (SSSR count). The smallest absolute Gasteiger partial charge is 0.274 e. The van der Waals surface area contributed by atoms with Crippen molar-refractivity contribution < 1.29 is 0 Å². The van der Waals surface area contributed by atoms with Crippen LogP contribution in [0.3, 0.4) is 0 Å². The van der Waals surface area contributed by atoms with Gasteiger partial charge in [-0.1, -0.05) is 15.9 Å². The van der Waals surface area contributed by atoms with Crippen molar-refractivity contribution in [2.75, 3.05) is 0 Å². The Hall–Kier alpha value is -1.62. The molecule has 82 valence electrons. The number of hydrogen-bond acceptors (Lipinski definition) is 2. The molecular formula is C11H9BrN2O2. The highest BCUT2D eigenvalue weighted by Crippen LogP contribution is 2.13. The molecule has 0 saturated carbocycles. The molecule has 0 atom stereocenters. The lowest BCUT2D eigenvalue weighted by atomic mass is 10.3. The van der Waals surface area contributed by atoms with Gasteiger partial charge in [-0.15, -0.1) is 0 Å². The monoisotopic (exact) mass is 280 g/mol. The van der Waals surface area contributed by atoms with Gasteiger partial charge in [-0.25, -0.2) is 4.79 Å². The molecule has 0 radical (unpaired) electrons. The molecule has 1 aromatic carbocycles. The maximum absolute atomic E-state index is 11.6. The van der Waals surface area contributed by atoms with Crippen LogP contribution in [0.15, 0.2) is 44.4 Å². The van der Waals surface area contributed by atoms with Gasteiger partial charge in [0.2, 0.25) is 0 Å².